The van der Waals surface area contributed by atoms with E-state index < -0.39 is 24.0 Å². The van der Waals surface area contributed by atoms with Gasteiger partial charge in [0, 0.05) is 0 Å². The van der Waals surface area contributed by atoms with Gasteiger partial charge in [0.15, 0.2) is 0 Å². The van der Waals surface area contributed by atoms with Crippen molar-refractivity contribution in [3.05, 3.63) is 0 Å². The van der Waals surface area contributed by atoms with Gasteiger partial charge in [0.2, 0.25) is 0 Å². The summed E-state index contributed by atoms with van der Waals surface area (Å²) in [6, 6.07) is -1.30. The topological polar surface area (TPSA) is 113 Å². The second kappa shape index (κ2) is 9.88. The third kappa shape index (κ3) is 8.60. The van der Waals surface area contributed by atoms with Crippen LogP contribution in [-0.2, 0) is 9.59 Å². The Bertz CT molecular complexity index is 253. The fraction of sp³-hybridized carbons (Fsp3) is 0.778. The third-order valence-electron chi connectivity index (χ3n) is 1.82. The second-order valence-corrected chi connectivity index (χ2v) is 10.9. The summed E-state index contributed by atoms with van der Waals surface area (Å²) in [6.07, 6.45) is 0.895. The Labute approximate surface area is 112 Å². The van der Waals surface area contributed by atoms with Crippen molar-refractivity contribution < 1.29 is 19.8 Å². The summed E-state index contributed by atoms with van der Waals surface area (Å²) in [5.41, 5.74) is 5.37. The number of rotatable bonds is 10. The Morgan fingerprint density at radius 2 is 1.82 bits per heavy atom. The number of nitrogens with two attached hydrogens (primary N) is 1. The van der Waals surface area contributed by atoms with E-state index in [0.717, 1.165) is 6.42 Å². The Hall–Kier alpha value is -0.101. The molecule has 100 valence electrons. The molecule has 0 aromatic carbocycles. The van der Waals surface area contributed by atoms with E-state index in [1.807, 2.05) is 6.92 Å². The van der Waals surface area contributed by atoms with Crippen molar-refractivity contribution in [1.82, 2.24) is 5.32 Å². The SMILES string of the molecule is CCCN[C@@H](C[Se][Se]CC(N)C(=O)O)C(=O)O. The molecule has 0 spiro atoms. The first kappa shape index (κ1) is 16.9. The van der Waals surface area contributed by atoms with Gasteiger partial charge >= 0.3 is 112 Å². The van der Waals surface area contributed by atoms with Gasteiger partial charge in [-0.1, -0.05) is 0 Å². The van der Waals surface area contributed by atoms with Crippen LogP contribution in [0.3, 0.4) is 0 Å². The molecule has 2 atom stereocenters. The van der Waals surface area contributed by atoms with Crippen LogP contribution in [0.15, 0.2) is 0 Å². The first-order valence-corrected chi connectivity index (χ1v) is 11.9. The van der Waals surface area contributed by atoms with Crippen molar-refractivity contribution in [1.29, 1.82) is 0 Å². The van der Waals surface area contributed by atoms with Gasteiger partial charge in [-0.25, -0.2) is 0 Å². The molecule has 0 aromatic heterocycles. The van der Waals surface area contributed by atoms with Crippen LogP contribution in [0.2, 0.25) is 10.6 Å². The van der Waals surface area contributed by atoms with Crippen molar-refractivity contribution in [2.24, 2.45) is 5.73 Å². The molecule has 0 rings (SSSR count). The first-order chi connectivity index (χ1) is 7.99. The van der Waals surface area contributed by atoms with Gasteiger partial charge in [0.05, 0.1) is 0 Å². The Kier molecular flexibility index (Phi) is 9.82. The molecule has 0 aliphatic carbocycles. The average Bonchev–Trinajstić information content (AvgIpc) is 2.27. The molecule has 0 saturated carbocycles. The number of carbonyl (C=O) groups is 2. The van der Waals surface area contributed by atoms with E-state index in [1.165, 1.54) is 0 Å². The molecular weight excluding hydrogens is 358 g/mol. The molecule has 5 N–H and O–H groups in total. The minimum atomic E-state index is -0.985. The molecular formula is C9H18N2O4Se2. The van der Waals surface area contributed by atoms with E-state index >= 15 is 0 Å². The molecule has 0 radical (unpaired) electrons. The van der Waals surface area contributed by atoms with E-state index in [-0.39, 0.29) is 26.3 Å². The first-order valence-electron chi connectivity index (χ1n) is 5.18. The molecule has 0 fully saturated rings. The average molecular weight is 376 g/mol. The summed E-state index contributed by atoms with van der Waals surface area (Å²) in [6.45, 7) is 2.67. The number of nitrogens with one attached hydrogen (secondary N) is 1. The number of carboxylic acids is 2. The molecule has 0 aliphatic heterocycles. The zero-order valence-electron chi connectivity index (χ0n) is 9.59. The molecule has 0 saturated heterocycles. The number of hydrogen-bond donors (Lipinski definition) is 4. The Balaban J connectivity index is 3.75. The van der Waals surface area contributed by atoms with Crippen molar-refractivity contribution in [2.45, 2.75) is 36.1 Å². The van der Waals surface area contributed by atoms with E-state index in [0.29, 0.717) is 17.2 Å². The molecule has 0 amide bonds. The number of aliphatic carboxylic acids is 2. The molecule has 0 aliphatic rings. The third-order valence-corrected chi connectivity index (χ3v) is 8.98. The zero-order valence-corrected chi connectivity index (χ0v) is 13.0. The van der Waals surface area contributed by atoms with Gasteiger partial charge in [0.1, 0.15) is 0 Å². The van der Waals surface area contributed by atoms with Crippen LogP contribution in [0.1, 0.15) is 13.3 Å². The van der Waals surface area contributed by atoms with Gasteiger partial charge < -0.3 is 0 Å². The standard InChI is InChI=1S/C9H18N2O4Se2/c1-2-3-11-7(9(14)15)5-17-16-4-6(10)8(12)13/h6-7,11H,2-5,10H2,1H3,(H,12,13)(H,14,15)/t6?,7-/m0/s1. The van der Waals surface area contributed by atoms with Gasteiger partial charge in [-0.05, 0) is 0 Å². The maximum absolute atomic E-state index is 10.9. The molecule has 1 unspecified atom stereocenters. The molecule has 0 aromatic rings. The summed E-state index contributed by atoms with van der Waals surface area (Å²) < 4.78 is 0. The monoisotopic (exact) mass is 378 g/mol. The summed E-state index contributed by atoms with van der Waals surface area (Å²) >= 11 is 0.316. The van der Waals surface area contributed by atoms with Gasteiger partial charge in [-0.3, -0.25) is 0 Å². The van der Waals surface area contributed by atoms with Crippen LogP contribution in [0.25, 0.3) is 0 Å². The predicted molar refractivity (Wildman–Crippen MR) is 66.5 cm³/mol. The van der Waals surface area contributed by atoms with E-state index in [2.05, 4.69) is 5.32 Å². The fourth-order valence-electron chi connectivity index (χ4n) is 0.845. The van der Waals surface area contributed by atoms with Crippen LogP contribution in [0, 0.1) is 0 Å². The number of carboxylic acid groups (broad SMARTS) is 2. The van der Waals surface area contributed by atoms with E-state index in [4.69, 9.17) is 15.9 Å². The summed E-state index contributed by atoms with van der Waals surface area (Å²) in [5, 5.41) is 21.5. The van der Waals surface area contributed by atoms with Crippen molar-refractivity contribution in [3.8, 4) is 0 Å². The Morgan fingerprint density at radius 3 is 2.29 bits per heavy atom. The number of hydrogen-bond acceptors (Lipinski definition) is 4. The fourth-order valence-corrected chi connectivity index (χ4v) is 7.87. The van der Waals surface area contributed by atoms with Crippen LogP contribution in [-0.4, -0.2) is 67.0 Å². The van der Waals surface area contributed by atoms with Crippen LogP contribution >= 0.6 is 0 Å². The molecule has 0 heterocycles. The zero-order chi connectivity index (χ0) is 13.3. The van der Waals surface area contributed by atoms with Gasteiger partial charge in [-0.2, -0.15) is 0 Å². The molecule has 8 heteroatoms. The van der Waals surface area contributed by atoms with Crippen LogP contribution in [0.4, 0.5) is 0 Å². The quantitative estimate of drug-likeness (QED) is 0.288. The van der Waals surface area contributed by atoms with Crippen molar-refractivity contribution in [2.75, 3.05) is 6.54 Å². The van der Waals surface area contributed by atoms with Crippen LogP contribution in [0.5, 0.6) is 0 Å². The summed E-state index contributed by atoms with van der Waals surface area (Å²) in [5.74, 6) is -1.82. The maximum atomic E-state index is 10.9. The van der Waals surface area contributed by atoms with E-state index in [9.17, 15) is 9.59 Å². The van der Waals surface area contributed by atoms with Crippen molar-refractivity contribution >= 4 is 38.2 Å². The second-order valence-electron chi connectivity index (χ2n) is 3.36. The normalized spacial score (nSPS) is 14.2. The molecule has 17 heavy (non-hydrogen) atoms. The molecule has 6 nitrogen and oxygen atoms in total. The Morgan fingerprint density at radius 1 is 1.24 bits per heavy atom. The van der Waals surface area contributed by atoms with Crippen LogP contribution < -0.4 is 11.1 Å². The predicted octanol–water partition coefficient (Wildman–Crippen LogP) is -0.989. The minimum absolute atomic E-state index is 0.145. The molecule has 0 bridgehead atoms. The van der Waals surface area contributed by atoms with Gasteiger partial charge in [0.25, 0.3) is 0 Å². The van der Waals surface area contributed by atoms with Crippen molar-refractivity contribution in [3.63, 3.8) is 0 Å². The van der Waals surface area contributed by atoms with E-state index in [1.54, 1.807) is 0 Å². The summed E-state index contributed by atoms with van der Waals surface area (Å²) in [7, 11) is 0. The van der Waals surface area contributed by atoms with Gasteiger partial charge in [-0.15, -0.1) is 0 Å². The summed E-state index contributed by atoms with van der Waals surface area (Å²) in [4.78, 5) is 21.3.